The molecule has 0 radical (unpaired) electrons. The molecule has 2 N–H and O–H groups in total. The van der Waals surface area contributed by atoms with E-state index in [2.05, 4.69) is 12.1 Å². The smallest absolute Gasteiger partial charge is 0.136 e. The SMILES string of the molecule is CCc1cc(C2CC=C(N)S2)no1. The highest BCUT2D eigenvalue weighted by atomic mass is 32.2. The van der Waals surface area contributed by atoms with Gasteiger partial charge in [0.2, 0.25) is 0 Å². The average molecular weight is 196 g/mol. The minimum Gasteiger partial charge on any atom is -0.394 e. The van der Waals surface area contributed by atoms with Crippen LogP contribution in [-0.2, 0) is 6.42 Å². The molecule has 2 heterocycles. The summed E-state index contributed by atoms with van der Waals surface area (Å²) < 4.78 is 5.13. The van der Waals surface area contributed by atoms with Crippen LogP contribution in [0.5, 0.6) is 0 Å². The van der Waals surface area contributed by atoms with Crippen LogP contribution >= 0.6 is 11.8 Å². The second kappa shape index (κ2) is 3.46. The Morgan fingerprint density at radius 3 is 3.15 bits per heavy atom. The van der Waals surface area contributed by atoms with E-state index in [1.807, 2.05) is 12.1 Å². The van der Waals surface area contributed by atoms with Crippen LogP contribution in [0.3, 0.4) is 0 Å². The summed E-state index contributed by atoms with van der Waals surface area (Å²) in [4.78, 5) is 0. The summed E-state index contributed by atoms with van der Waals surface area (Å²) in [6.07, 6.45) is 3.90. The van der Waals surface area contributed by atoms with Crippen LogP contribution in [0.15, 0.2) is 21.7 Å². The van der Waals surface area contributed by atoms with E-state index >= 15 is 0 Å². The van der Waals surface area contributed by atoms with Gasteiger partial charge in [-0.3, -0.25) is 0 Å². The molecule has 1 atom stereocenters. The molecular formula is C9H12N2OS. The number of hydrogen-bond acceptors (Lipinski definition) is 4. The maximum absolute atomic E-state index is 5.67. The highest BCUT2D eigenvalue weighted by Gasteiger charge is 2.21. The Balaban J connectivity index is 2.09. The molecule has 1 aromatic rings. The third kappa shape index (κ3) is 1.72. The maximum atomic E-state index is 5.67. The lowest BCUT2D eigenvalue weighted by molar-refractivity contribution is 0.380. The quantitative estimate of drug-likeness (QED) is 0.788. The molecule has 1 unspecified atom stereocenters. The molecule has 0 aliphatic carbocycles. The van der Waals surface area contributed by atoms with E-state index in [4.69, 9.17) is 10.3 Å². The topological polar surface area (TPSA) is 52.0 Å². The lowest BCUT2D eigenvalue weighted by Crippen LogP contribution is -1.90. The normalized spacial score (nSPS) is 21.9. The molecular weight excluding hydrogens is 184 g/mol. The molecule has 0 saturated carbocycles. The molecule has 0 fully saturated rings. The number of allylic oxidation sites excluding steroid dienone is 1. The number of nitrogens with zero attached hydrogens (tertiary/aromatic N) is 1. The summed E-state index contributed by atoms with van der Waals surface area (Å²) in [5, 5.41) is 5.28. The van der Waals surface area contributed by atoms with Gasteiger partial charge < -0.3 is 10.3 Å². The van der Waals surface area contributed by atoms with Gasteiger partial charge in [0.15, 0.2) is 0 Å². The Bertz CT molecular complexity index is 332. The third-order valence-corrected chi connectivity index (χ3v) is 3.22. The Morgan fingerprint density at radius 2 is 2.62 bits per heavy atom. The van der Waals surface area contributed by atoms with Crippen molar-refractivity contribution in [1.29, 1.82) is 0 Å². The Kier molecular flexibility index (Phi) is 2.31. The predicted octanol–water partition coefficient (Wildman–Crippen LogP) is 2.22. The predicted molar refractivity (Wildman–Crippen MR) is 53.1 cm³/mol. The van der Waals surface area contributed by atoms with Crippen LogP contribution in [0, 0.1) is 0 Å². The van der Waals surface area contributed by atoms with Gasteiger partial charge in [0.05, 0.1) is 16.0 Å². The van der Waals surface area contributed by atoms with Crippen molar-refractivity contribution in [3.05, 3.63) is 28.6 Å². The van der Waals surface area contributed by atoms with E-state index in [1.54, 1.807) is 11.8 Å². The fourth-order valence-electron chi connectivity index (χ4n) is 1.31. The second-order valence-electron chi connectivity index (χ2n) is 3.02. The van der Waals surface area contributed by atoms with Crippen molar-refractivity contribution in [2.24, 2.45) is 5.73 Å². The van der Waals surface area contributed by atoms with Gasteiger partial charge in [-0.25, -0.2) is 0 Å². The Morgan fingerprint density at radius 1 is 1.77 bits per heavy atom. The number of aromatic nitrogens is 1. The van der Waals surface area contributed by atoms with Gasteiger partial charge in [-0.1, -0.05) is 29.9 Å². The van der Waals surface area contributed by atoms with E-state index in [9.17, 15) is 0 Å². The maximum Gasteiger partial charge on any atom is 0.136 e. The summed E-state index contributed by atoms with van der Waals surface area (Å²) in [6.45, 7) is 2.05. The van der Waals surface area contributed by atoms with Gasteiger partial charge in [-0.2, -0.15) is 0 Å². The second-order valence-corrected chi connectivity index (χ2v) is 4.30. The van der Waals surface area contributed by atoms with Crippen LogP contribution in [0.1, 0.15) is 30.0 Å². The van der Waals surface area contributed by atoms with Crippen molar-refractivity contribution in [1.82, 2.24) is 5.16 Å². The number of hydrogen-bond donors (Lipinski definition) is 1. The summed E-state index contributed by atoms with van der Waals surface area (Å²) in [5.41, 5.74) is 6.68. The molecule has 0 saturated heterocycles. The van der Waals surface area contributed by atoms with Crippen molar-refractivity contribution in [2.45, 2.75) is 25.0 Å². The summed E-state index contributed by atoms with van der Waals surface area (Å²) in [5.74, 6) is 0.945. The first-order valence-electron chi connectivity index (χ1n) is 4.37. The molecule has 13 heavy (non-hydrogen) atoms. The lowest BCUT2D eigenvalue weighted by atomic mass is 10.2. The van der Waals surface area contributed by atoms with E-state index in [0.717, 1.165) is 29.3 Å². The average Bonchev–Trinajstić information content (AvgIpc) is 2.71. The first kappa shape index (κ1) is 8.69. The summed E-state index contributed by atoms with van der Waals surface area (Å²) >= 11 is 1.66. The van der Waals surface area contributed by atoms with Crippen molar-refractivity contribution in [2.75, 3.05) is 0 Å². The molecule has 1 aliphatic heterocycles. The van der Waals surface area contributed by atoms with Gasteiger partial charge in [0.25, 0.3) is 0 Å². The molecule has 1 aliphatic rings. The van der Waals surface area contributed by atoms with Crippen LogP contribution in [0.25, 0.3) is 0 Å². The molecule has 0 bridgehead atoms. The van der Waals surface area contributed by atoms with E-state index < -0.39 is 0 Å². The number of thioether (sulfide) groups is 1. The Labute approximate surface area is 81.4 Å². The zero-order valence-corrected chi connectivity index (χ0v) is 8.30. The van der Waals surface area contributed by atoms with Gasteiger partial charge in [-0.05, 0) is 6.42 Å². The Hall–Kier alpha value is -0.900. The van der Waals surface area contributed by atoms with Crippen molar-refractivity contribution < 1.29 is 4.52 Å². The third-order valence-electron chi connectivity index (χ3n) is 2.07. The van der Waals surface area contributed by atoms with E-state index in [1.165, 1.54) is 0 Å². The standard InChI is InChI=1S/C9H12N2OS/c1-2-6-5-7(11-12-6)8-3-4-9(10)13-8/h4-5,8H,2-3,10H2,1H3. The highest BCUT2D eigenvalue weighted by Crippen LogP contribution is 2.40. The fourth-order valence-corrected chi connectivity index (χ4v) is 2.26. The summed E-state index contributed by atoms with van der Waals surface area (Å²) in [7, 11) is 0. The molecule has 0 amide bonds. The minimum absolute atomic E-state index is 0.365. The molecule has 1 aromatic heterocycles. The molecule has 3 nitrogen and oxygen atoms in total. The molecule has 0 aromatic carbocycles. The monoisotopic (exact) mass is 196 g/mol. The fraction of sp³-hybridized carbons (Fsp3) is 0.444. The summed E-state index contributed by atoms with van der Waals surface area (Å²) in [6, 6.07) is 2.02. The van der Waals surface area contributed by atoms with Crippen molar-refractivity contribution in [3.63, 3.8) is 0 Å². The number of nitrogens with two attached hydrogens (primary N) is 1. The van der Waals surface area contributed by atoms with Crippen molar-refractivity contribution >= 4 is 11.8 Å². The molecule has 2 rings (SSSR count). The largest absolute Gasteiger partial charge is 0.394 e. The molecule has 4 heteroatoms. The van der Waals surface area contributed by atoms with Gasteiger partial charge in [0.1, 0.15) is 5.76 Å². The van der Waals surface area contributed by atoms with Gasteiger partial charge in [-0.15, -0.1) is 0 Å². The molecule has 70 valence electrons. The highest BCUT2D eigenvalue weighted by molar-refractivity contribution is 8.03. The van der Waals surface area contributed by atoms with Crippen LogP contribution in [0.4, 0.5) is 0 Å². The molecule has 0 spiro atoms. The minimum atomic E-state index is 0.365. The zero-order valence-electron chi connectivity index (χ0n) is 7.49. The number of aryl methyl sites for hydroxylation is 1. The zero-order chi connectivity index (χ0) is 9.26. The van der Waals surface area contributed by atoms with E-state index in [-0.39, 0.29) is 0 Å². The first-order chi connectivity index (χ1) is 6.29. The lowest BCUT2D eigenvalue weighted by Gasteiger charge is -2.01. The van der Waals surface area contributed by atoms with Gasteiger partial charge in [0, 0.05) is 12.5 Å². The first-order valence-corrected chi connectivity index (χ1v) is 5.25. The van der Waals surface area contributed by atoms with Crippen LogP contribution in [-0.4, -0.2) is 5.16 Å². The van der Waals surface area contributed by atoms with Crippen LogP contribution < -0.4 is 5.73 Å². The van der Waals surface area contributed by atoms with E-state index in [0.29, 0.717) is 5.25 Å². The van der Waals surface area contributed by atoms with Crippen molar-refractivity contribution in [3.8, 4) is 0 Å². The van der Waals surface area contributed by atoms with Gasteiger partial charge >= 0.3 is 0 Å². The van der Waals surface area contributed by atoms with Crippen LogP contribution in [0.2, 0.25) is 0 Å². The number of rotatable bonds is 2.